The fourth-order valence-electron chi connectivity index (χ4n) is 2.86. The lowest BCUT2D eigenvalue weighted by Gasteiger charge is -2.23. The van der Waals surface area contributed by atoms with E-state index in [0.717, 1.165) is 16.5 Å². The summed E-state index contributed by atoms with van der Waals surface area (Å²) in [5, 5.41) is 12.7. The SMILES string of the molecule is CC(C)COC(=O)[C@H](Cc1ccc2c(c1)cc(C#N)n2C)NC(=O)OC(C)(C)C. The van der Waals surface area contributed by atoms with E-state index in [0.29, 0.717) is 5.69 Å². The topological polar surface area (TPSA) is 93.4 Å². The Morgan fingerprint density at radius 1 is 1.24 bits per heavy atom. The van der Waals surface area contributed by atoms with Crippen LogP contribution in [-0.4, -0.2) is 34.9 Å². The van der Waals surface area contributed by atoms with Crippen molar-refractivity contribution in [2.75, 3.05) is 6.61 Å². The van der Waals surface area contributed by atoms with Crippen LogP contribution < -0.4 is 5.32 Å². The van der Waals surface area contributed by atoms with Gasteiger partial charge in [-0.1, -0.05) is 19.9 Å². The number of aromatic nitrogens is 1. The molecule has 0 unspecified atom stereocenters. The molecule has 0 radical (unpaired) electrons. The molecule has 0 fully saturated rings. The molecule has 2 aromatic rings. The van der Waals surface area contributed by atoms with E-state index in [-0.39, 0.29) is 18.9 Å². The summed E-state index contributed by atoms with van der Waals surface area (Å²) >= 11 is 0. The van der Waals surface area contributed by atoms with Gasteiger partial charge in [0, 0.05) is 24.4 Å². The lowest BCUT2D eigenvalue weighted by Crippen LogP contribution is -2.45. The molecule has 0 saturated heterocycles. The van der Waals surface area contributed by atoms with Gasteiger partial charge in [0.05, 0.1) is 6.61 Å². The maximum absolute atomic E-state index is 12.6. The number of aryl methyl sites for hydroxylation is 1. The minimum absolute atomic E-state index is 0.186. The summed E-state index contributed by atoms with van der Waals surface area (Å²) in [6, 6.07) is 8.77. The van der Waals surface area contributed by atoms with Gasteiger partial charge >= 0.3 is 12.1 Å². The zero-order valence-corrected chi connectivity index (χ0v) is 17.9. The summed E-state index contributed by atoms with van der Waals surface area (Å²) in [5.74, 6) is -0.318. The molecule has 2 rings (SSSR count). The van der Waals surface area contributed by atoms with E-state index in [1.54, 1.807) is 26.8 Å². The fourth-order valence-corrected chi connectivity index (χ4v) is 2.86. The number of hydrogen-bond donors (Lipinski definition) is 1. The first-order chi connectivity index (χ1) is 13.5. The molecule has 0 bridgehead atoms. The van der Waals surface area contributed by atoms with Gasteiger partial charge in [0.25, 0.3) is 0 Å². The molecule has 0 aliphatic rings. The van der Waals surface area contributed by atoms with Crippen molar-refractivity contribution >= 4 is 23.0 Å². The van der Waals surface area contributed by atoms with Gasteiger partial charge in [-0.3, -0.25) is 0 Å². The Labute approximate surface area is 171 Å². The van der Waals surface area contributed by atoms with Crippen molar-refractivity contribution in [1.29, 1.82) is 5.26 Å². The van der Waals surface area contributed by atoms with Crippen LogP contribution in [0.5, 0.6) is 0 Å². The number of nitrogens with zero attached hydrogens (tertiary/aromatic N) is 2. The lowest BCUT2D eigenvalue weighted by atomic mass is 10.0. The number of fused-ring (bicyclic) bond motifs is 1. The Kier molecular flexibility index (Phi) is 6.91. The minimum Gasteiger partial charge on any atom is -0.464 e. The van der Waals surface area contributed by atoms with Crippen molar-refractivity contribution in [1.82, 2.24) is 9.88 Å². The predicted molar refractivity (Wildman–Crippen MR) is 110 cm³/mol. The predicted octanol–water partition coefficient (Wildman–Crippen LogP) is 3.68. The monoisotopic (exact) mass is 399 g/mol. The standard InChI is InChI=1S/C22H29N3O4/c1-14(2)13-28-20(26)18(24-21(27)29-22(3,4)5)10-15-7-8-19-16(9-15)11-17(12-23)25(19)6/h7-9,11,14,18H,10,13H2,1-6H3,(H,24,27)/t18-/m0/s1. The van der Waals surface area contributed by atoms with Gasteiger partial charge in [-0.25, -0.2) is 9.59 Å². The van der Waals surface area contributed by atoms with Gasteiger partial charge in [-0.05, 0) is 50.5 Å². The summed E-state index contributed by atoms with van der Waals surface area (Å²) in [4.78, 5) is 24.8. The molecule has 29 heavy (non-hydrogen) atoms. The Bertz CT molecular complexity index is 932. The molecule has 0 aliphatic carbocycles. The molecular formula is C22H29N3O4. The van der Waals surface area contributed by atoms with Crippen molar-refractivity contribution in [3.63, 3.8) is 0 Å². The first-order valence-electron chi connectivity index (χ1n) is 9.64. The third kappa shape index (κ3) is 6.24. The minimum atomic E-state index is -0.875. The van der Waals surface area contributed by atoms with Crippen LogP contribution in [0.2, 0.25) is 0 Å². The van der Waals surface area contributed by atoms with Crippen LogP contribution in [0.3, 0.4) is 0 Å². The zero-order chi connectivity index (χ0) is 21.8. The number of benzene rings is 1. The van der Waals surface area contributed by atoms with Crippen LogP contribution in [0.25, 0.3) is 10.9 Å². The van der Waals surface area contributed by atoms with Crippen LogP contribution in [0, 0.1) is 17.2 Å². The van der Waals surface area contributed by atoms with E-state index in [2.05, 4.69) is 11.4 Å². The van der Waals surface area contributed by atoms with E-state index >= 15 is 0 Å². The van der Waals surface area contributed by atoms with Crippen LogP contribution in [0.15, 0.2) is 24.3 Å². The van der Waals surface area contributed by atoms with E-state index in [1.165, 1.54) is 0 Å². The molecule has 0 saturated carbocycles. The van der Waals surface area contributed by atoms with Crippen molar-refractivity contribution < 1.29 is 19.1 Å². The highest BCUT2D eigenvalue weighted by Crippen LogP contribution is 2.21. The summed E-state index contributed by atoms with van der Waals surface area (Å²) in [6.45, 7) is 9.44. The molecule has 7 nitrogen and oxygen atoms in total. The molecule has 1 aromatic heterocycles. The second-order valence-electron chi connectivity index (χ2n) is 8.52. The largest absolute Gasteiger partial charge is 0.464 e. The quantitative estimate of drug-likeness (QED) is 0.748. The van der Waals surface area contributed by atoms with E-state index in [4.69, 9.17) is 9.47 Å². The van der Waals surface area contributed by atoms with Crippen molar-refractivity contribution in [3.05, 3.63) is 35.5 Å². The Morgan fingerprint density at radius 2 is 1.93 bits per heavy atom. The normalized spacial score (nSPS) is 12.5. The molecule has 7 heteroatoms. The summed E-state index contributed by atoms with van der Waals surface area (Å²) in [5.41, 5.74) is 1.64. The Hall–Kier alpha value is -3.01. The van der Waals surface area contributed by atoms with Crippen LogP contribution in [-0.2, 0) is 27.7 Å². The Balaban J connectivity index is 2.23. The van der Waals surface area contributed by atoms with Gasteiger partial charge in [0.15, 0.2) is 0 Å². The van der Waals surface area contributed by atoms with Crippen molar-refractivity contribution in [2.45, 2.75) is 52.7 Å². The molecular weight excluding hydrogens is 370 g/mol. The first-order valence-corrected chi connectivity index (χ1v) is 9.64. The van der Waals surface area contributed by atoms with Gasteiger partial charge in [-0.2, -0.15) is 5.26 Å². The van der Waals surface area contributed by atoms with E-state index in [9.17, 15) is 14.9 Å². The maximum Gasteiger partial charge on any atom is 0.408 e. The number of carbonyl (C=O) groups excluding carboxylic acids is 2. The lowest BCUT2D eigenvalue weighted by molar-refractivity contribution is -0.147. The van der Waals surface area contributed by atoms with Crippen molar-refractivity contribution in [3.8, 4) is 6.07 Å². The molecule has 1 amide bonds. The number of hydrogen-bond acceptors (Lipinski definition) is 5. The average Bonchev–Trinajstić information content (AvgIpc) is 2.92. The molecule has 0 aliphatic heterocycles. The van der Waals surface area contributed by atoms with Gasteiger partial charge in [-0.15, -0.1) is 0 Å². The van der Waals surface area contributed by atoms with Crippen LogP contribution in [0.1, 0.15) is 45.9 Å². The number of nitriles is 1. The fraction of sp³-hybridized carbons (Fsp3) is 0.500. The van der Waals surface area contributed by atoms with Gasteiger partial charge in [0.2, 0.25) is 0 Å². The maximum atomic E-state index is 12.6. The number of carbonyl (C=O) groups is 2. The number of amides is 1. The number of ether oxygens (including phenoxy) is 2. The molecule has 1 heterocycles. The van der Waals surface area contributed by atoms with Gasteiger partial charge in [0.1, 0.15) is 23.4 Å². The second kappa shape index (κ2) is 8.99. The van der Waals surface area contributed by atoms with Crippen LogP contribution >= 0.6 is 0 Å². The third-order valence-corrected chi connectivity index (χ3v) is 4.20. The highest BCUT2D eigenvalue weighted by atomic mass is 16.6. The highest BCUT2D eigenvalue weighted by Gasteiger charge is 2.26. The number of alkyl carbamates (subject to hydrolysis) is 1. The van der Waals surface area contributed by atoms with Gasteiger partial charge < -0.3 is 19.4 Å². The molecule has 1 atom stereocenters. The van der Waals surface area contributed by atoms with Crippen LogP contribution in [0.4, 0.5) is 4.79 Å². The summed E-state index contributed by atoms with van der Waals surface area (Å²) in [7, 11) is 1.83. The smallest absolute Gasteiger partial charge is 0.408 e. The molecule has 156 valence electrons. The number of nitrogens with one attached hydrogen (secondary N) is 1. The summed E-state index contributed by atoms with van der Waals surface area (Å²) < 4.78 is 12.4. The first kappa shape index (κ1) is 22.3. The molecule has 1 N–H and O–H groups in total. The van der Waals surface area contributed by atoms with E-state index < -0.39 is 23.7 Å². The average molecular weight is 399 g/mol. The molecule has 0 spiro atoms. The second-order valence-corrected chi connectivity index (χ2v) is 8.52. The third-order valence-electron chi connectivity index (χ3n) is 4.20. The Morgan fingerprint density at radius 3 is 2.52 bits per heavy atom. The number of rotatable bonds is 6. The summed E-state index contributed by atoms with van der Waals surface area (Å²) in [6.07, 6.45) is -0.417. The van der Waals surface area contributed by atoms with Crippen molar-refractivity contribution in [2.24, 2.45) is 13.0 Å². The zero-order valence-electron chi connectivity index (χ0n) is 17.9. The highest BCUT2D eigenvalue weighted by molar-refractivity contribution is 5.84. The molecule has 1 aromatic carbocycles. The number of esters is 1. The van der Waals surface area contributed by atoms with E-state index in [1.807, 2.05) is 43.7 Å².